The van der Waals surface area contributed by atoms with E-state index in [1.54, 1.807) is 0 Å². The summed E-state index contributed by atoms with van der Waals surface area (Å²) in [4.78, 5) is 0. The summed E-state index contributed by atoms with van der Waals surface area (Å²) in [6.07, 6.45) is -4.36. The Bertz CT molecular complexity index is 294. The summed E-state index contributed by atoms with van der Waals surface area (Å²) in [7, 11) is 0.155. The number of hydrogen-bond acceptors (Lipinski definition) is 2. The van der Waals surface area contributed by atoms with Crippen LogP contribution in [0.4, 0.5) is 13.2 Å². The number of halogens is 3. The second kappa shape index (κ2) is 3.59. The fourth-order valence-electron chi connectivity index (χ4n) is 0.778. The number of alkyl halides is 3. The van der Waals surface area contributed by atoms with Crippen LogP contribution in [0.5, 0.6) is 5.75 Å². The Labute approximate surface area is 72.6 Å². The van der Waals surface area contributed by atoms with Gasteiger partial charge in [-0.1, -0.05) is 0 Å². The van der Waals surface area contributed by atoms with Crippen molar-refractivity contribution in [3.05, 3.63) is 29.8 Å². The average Bonchev–Trinajstić information content (AvgIpc) is 2.04. The van der Waals surface area contributed by atoms with Gasteiger partial charge in [0, 0.05) is 0 Å². The van der Waals surface area contributed by atoms with E-state index in [2.05, 4.69) is 4.65 Å². The minimum atomic E-state index is -4.36. The normalized spacial score (nSPS) is 10.7. The van der Waals surface area contributed by atoms with Crippen molar-refractivity contribution in [3.8, 4) is 5.75 Å². The fraction of sp³-hybridized carbons (Fsp3) is 0.143. The first-order valence-electron chi connectivity index (χ1n) is 3.31. The standard InChI is InChI=1S/C7H4BF3O2/c9-7(10,11)5-1-3-6(4-2-5)13-8-12/h1-4H. The van der Waals surface area contributed by atoms with Crippen LogP contribution in [0, 0.1) is 0 Å². The molecule has 13 heavy (non-hydrogen) atoms. The van der Waals surface area contributed by atoms with Crippen molar-refractivity contribution in [2.24, 2.45) is 0 Å². The van der Waals surface area contributed by atoms with E-state index < -0.39 is 11.7 Å². The van der Waals surface area contributed by atoms with Crippen molar-refractivity contribution in [3.63, 3.8) is 0 Å². The molecule has 0 spiro atoms. The first-order chi connectivity index (χ1) is 6.04. The Hall–Kier alpha value is -1.33. The van der Waals surface area contributed by atoms with Gasteiger partial charge in [0.1, 0.15) is 0 Å². The van der Waals surface area contributed by atoms with E-state index >= 15 is 0 Å². The van der Waals surface area contributed by atoms with Gasteiger partial charge >= 0.3 is 71.6 Å². The summed E-state index contributed by atoms with van der Waals surface area (Å²) in [6, 6.07) is 3.85. The molecule has 0 amide bonds. The van der Waals surface area contributed by atoms with Gasteiger partial charge in [0.25, 0.3) is 0 Å². The van der Waals surface area contributed by atoms with Crippen LogP contribution >= 0.6 is 0 Å². The molecule has 1 aromatic rings. The molecule has 2 nitrogen and oxygen atoms in total. The van der Waals surface area contributed by atoms with Crippen LogP contribution in [0.1, 0.15) is 5.56 Å². The number of hydrogen-bond donors (Lipinski definition) is 0. The van der Waals surface area contributed by atoms with Gasteiger partial charge in [-0.25, -0.2) is 0 Å². The van der Waals surface area contributed by atoms with Crippen LogP contribution in [0.3, 0.4) is 0 Å². The molecule has 0 aliphatic rings. The first-order valence-corrected chi connectivity index (χ1v) is 3.31. The monoisotopic (exact) mass is 188 g/mol. The van der Waals surface area contributed by atoms with E-state index in [0.29, 0.717) is 0 Å². The van der Waals surface area contributed by atoms with Gasteiger partial charge in [0.2, 0.25) is 0 Å². The summed E-state index contributed by atoms with van der Waals surface area (Å²) in [5.74, 6) is 0.0861. The maximum atomic E-state index is 12.0. The van der Waals surface area contributed by atoms with Gasteiger partial charge in [-0.3, -0.25) is 0 Å². The topological polar surface area (TPSA) is 26.3 Å². The molecule has 0 aliphatic carbocycles. The number of benzene rings is 1. The molecule has 0 aromatic heterocycles. The SMILES string of the molecule is O=BOc1ccc(C(F)(F)F)cc1. The molecule has 0 aliphatic heterocycles. The minimum absolute atomic E-state index is 0.0861. The third kappa shape index (κ3) is 2.57. The molecule has 1 rings (SSSR count). The van der Waals surface area contributed by atoms with Gasteiger partial charge in [-0.05, 0) is 0 Å². The van der Waals surface area contributed by atoms with E-state index in [0.717, 1.165) is 24.3 Å². The van der Waals surface area contributed by atoms with E-state index in [-0.39, 0.29) is 13.1 Å². The van der Waals surface area contributed by atoms with Crippen LogP contribution in [-0.2, 0) is 10.9 Å². The molecule has 0 radical (unpaired) electrons. The van der Waals surface area contributed by atoms with Crippen molar-refractivity contribution in [1.29, 1.82) is 0 Å². The molecule has 0 N–H and O–H groups in total. The molecule has 68 valence electrons. The van der Waals surface area contributed by atoms with Crippen molar-refractivity contribution < 1.29 is 22.5 Å². The third-order valence-corrected chi connectivity index (χ3v) is 1.37. The van der Waals surface area contributed by atoms with Gasteiger partial charge in [-0.2, -0.15) is 0 Å². The Kier molecular flexibility index (Phi) is 2.70. The predicted octanol–water partition coefficient (Wildman–Crippen LogP) is 2.05. The first kappa shape index (κ1) is 9.76. The van der Waals surface area contributed by atoms with Crippen LogP contribution < -0.4 is 4.65 Å². The molecule has 0 atom stereocenters. The van der Waals surface area contributed by atoms with Crippen LogP contribution in [0.25, 0.3) is 0 Å². The molecule has 0 heterocycles. The maximum absolute atomic E-state index is 12.0. The Morgan fingerprint density at radius 1 is 1.15 bits per heavy atom. The average molecular weight is 188 g/mol. The Balaban J connectivity index is 2.87. The quantitative estimate of drug-likeness (QED) is 0.663. The zero-order valence-electron chi connectivity index (χ0n) is 6.34. The summed E-state index contributed by atoms with van der Waals surface area (Å²) in [5.41, 5.74) is -0.772. The van der Waals surface area contributed by atoms with E-state index in [1.165, 1.54) is 0 Å². The fourth-order valence-corrected chi connectivity index (χ4v) is 0.778. The molecular weight excluding hydrogens is 184 g/mol. The van der Waals surface area contributed by atoms with Gasteiger partial charge < -0.3 is 0 Å². The van der Waals surface area contributed by atoms with Crippen molar-refractivity contribution in [1.82, 2.24) is 0 Å². The van der Waals surface area contributed by atoms with Crippen LogP contribution in [-0.4, -0.2) is 7.35 Å². The summed E-state index contributed by atoms with van der Waals surface area (Å²) >= 11 is 0. The Morgan fingerprint density at radius 3 is 2.08 bits per heavy atom. The molecular formula is C7H4BF3O2. The zero-order chi connectivity index (χ0) is 9.90. The van der Waals surface area contributed by atoms with Crippen molar-refractivity contribution in [2.75, 3.05) is 0 Å². The summed E-state index contributed by atoms with van der Waals surface area (Å²) in [6.45, 7) is 0. The Morgan fingerprint density at radius 2 is 1.69 bits per heavy atom. The van der Waals surface area contributed by atoms with Crippen LogP contribution in [0.2, 0.25) is 0 Å². The van der Waals surface area contributed by atoms with Gasteiger partial charge in [-0.15, -0.1) is 0 Å². The van der Waals surface area contributed by atoms with E-state index in [4.69, 9.17) is 0 Å². The van der Waals surface area contributed by atoms with Crippen molar-refractivity contribution in [2.45, 2.75) is 6.18 Å². The molecule has 0 saturated heterocycles. The predicted molar refractivity (Wildman–Crippen MR) is 38.5 cm³/mol. The summed E-state index contributed by atoms with van der Waals surface area (Å²) in [5, 5.41) is 0. The second-order valence-corrected chi connectivity index (χ2v) is 2.24. The molecule has 0 saturated carbocycles. The van der Waals surface area contributed by atoms with E-state index in [1.807, 2.05) is 0 Å². The van der Waals surface area contributed by atoms with Crippen molar-refractivity contribution >= 4 is 7.35 Å². The van der Waals surface area contributed by atoms with Gasteiger partial charge in [0.15, 0.2) is 0 Å². The molecule has 0 bridgehead atoms. The third-order valence-electron chi connectivity index (χ3n) is 1.37. The summed E-state index contributed by atoms with van der Waals surface area (Å²) < 4.78 is 50.1. The molecule has 1 aromatic carbocycles. The van der Waals surface area contributed by atoms with E-state index in [9.17, 15) is 17.9 Å². The van der Waals surface area contributed by atoms with Crippen LogP contribution in [0.15, 0.2) is 24.3 Å². The molecule has 0 unspecified atom stereocenters. The zero-order valence-corrected chi connectivity index (χ0v) is 6.34. The molecule has 0 fully saturated rings. The number of rotatable bonds is 2. The second-order valence-electron chi connectivity index (χ2n) is 2.24. The molecule has 6 heteroatoms. The van der Waals surface area contributed by atoms with Gasteiger partial charge in [0.05, 0.1) is 0 Å².